The van der Waals surface area contributed by atoms with E-state index in [2.05, 4.69) is 42.0 Å². The van der Waals surface area contributed by atoms with Crippen LogP contribution in [0.15, 0.2) is 46.9 Å². The van der Waals surface area contributed by atoms with Gasteiger partial charge in [-0.25, -0.2) is 0 Å². The lowest BCUT2D eigenvalue weighted by atomic mass is 9.87. The first kappa shape index (κ1) is 15.6. The molecule has 3 nitrogen and oxygen atoms in total. The molecule has 0 aliphatic heterocycles. The minimum Gasteiger partial charge on any atom is -0.398 e. The van der Waals surface area contributed by atoms with E-state index in [4.69, 9.17) is 5.73 Å². The number of amides is 1. The smallest absolute Gasteiger partial charge is 0.257 e. The maximum absolute atomic E-state index is 12.3. The summed E-state index contributed by atoms with van der Waals surface area (Å²) in [6.07, 6.45) is 0. The van der Waals surface area contributed by atoms with Crippen LogP contribution in [0.1, 0.15) is 36.7 Å². The van der Waals surface area contributed by atoms with Crippen molar-refractivity contribution in [3.63, 3.8) is 0 Å². The maximum Gasteiger partial charge on any atom is 0.257 e. The number of nitrogens with two attached hydrogens (primary N) is 1. The van der Waals surface area contributed by atoms with Crippen molar-refractivity contribution in [2.24, 2.45) is 0 Å². The Hall–Kier alpha value is -1.81. The SMILES string of the molecule is CC(C)(C)c1ccc(NC(=O)c2cc(Br)ccc2N)cc1. The van der Waals surface area contributed by atoms with Crippen molar-refractivity contribution in [1.82, 2.24) is 0 Å². The molecule has 0 saturated heterocycles. The molecular weight excluding hydrogens is 328 g/mol. The fourth-order valence-corrected chi connectivity index (χ4v) is 2.34. The van der Waals surface area contributed by atoms with E-state index in [0.29, 0.717) is 11.3 Å². The van der Waals surface area contributed by atoms with E-state index >= 15 is 0 Å². The van der Waals surface area contributed by atoms with Crippen molar-refractivity contribution in [2.75, 3.05) is 11.1 Å². The van der Waals surface area contributed by atoms with Gasteiger partial charge < -0.3 is 11.1 Å². The minimum absolute atomic E-state index is 0.0945. The van der Waals surface area contributed by atoms with Crippen LogP contribution in [0.5, 0.6) is 0 Å². The molecule has 0 radical (unpaired) electrons. The summed E-state index contributed by atoms with van der Waals surface area (Å²) in [5, 5.41) is 2.87. The quantitative estimate of drug-likeness (QED) is 0.781. The molecule has 3 N–H and O–H groups in total. The zero-order chi connectivity index (χ0) is 15.6. The van der Waals surface area contributed by atoms with Crippen molar-refractivity contribution >= 4 is 33.2 Å². The highest BCUT2D eigenvalue weighted by atomic mass is 79.9. The van der Waals surface area contributed by atoms with Crippen molar-refractivity contribution < 1.29 is 4.79 Å². The molecular formula is C17H19BrN2O. The number of carbonyl (C=O) groups is 1. The first-order chi connectivity index (χ1) is 9.77. The average Bonchev–Trinajstić information content (AvgIpc) is 2.41. The summed E-state index contributed by atoms with van der Waals surface area (Å²) < 4.78 is 0.824. The third-order valence-electron chi connectivity index (χ3n) is 3.27. The largest absolute Gasteiger partial charge is 0.398 e. The van der Waals surface area contributed by atoms with E-state index < -0.39 is 0 Å². The van der Waals surface area contributed by atoms with Crippen molar-refractivity contribution in [3.8, 4) is 0 Å². The van der Waals surface area contributed by atoms with Crippen LogP contribution in [0.4, 0.5) is 11.4 Å². The number of rotatable bonds is 2. The van der Waals surface area contributed by atoms with E-state index in [9.17, 15) is 4.79 Å². The van der Waals surface area contributed by atoms with Gasteiger partial charge in [-0.2, -0.15) is 0 Å². The second-order valence-electron chi connectivity index (χ2n) is 6.01. The Bertz CT molecular complexity index is 657. The predicted molar refractivity (Wildman–Crippen MR) is 91.6 cm³/mol. The molecule has 110 valence electrons. The van der Waals surface area contributed by atoms with E-state index in [1.54, 1.807) is 12.1 Å². The summed E-state index contributed by atoms with van der Waals surface area (Å²) in [6, 6.07) is 13.1. The normalized spacial score (nSPS) is 11.2. The topological polar surface area (TPSA) is 55.1 Å². The molecule has 0 unspecified atom stereocenters. The van der Waals surface area contributed by atoms with E-state index in [1.165, 1.54) is 5.56 Å². The number of nitrogens with one attached hydrogen (secondary N) is 1. The molecule has 2 rings (SSSR count). The predicted octanol–water partition coefficient (Wildman–Crippen LogP) is 4.58. The molecule has 21 heavy (non-hydrogen) atoms. The Morgan fingerprint density at radius 3 is 2.29 bits per heavy atom. The van der Waals surface area contributed by atoms with Gasteiger partial charge in [0.2, 0.25) is 0 Å². The van der Waals surface area contributed by atoms with Crippen LogP contribution in [-0.4, -0.2) is 5.91 Å². The third-order valence-corrected chi connectivity index (χ3v) is 3.76. The van der Waals surface area contributed by atoms with Crippen LogP contribution in [0, 0.1) is 0 Å². The number of anilines is 2. The van der Waals surface area contributed by atoms with Gasteiger partial charge in [0.15, 0.2) is 0 Å². The van der Waals surface area contributed by atoms with Crippen molar-refractivity contribution in [1.29, 1.82) is 0 Å². The Balaban J connectivity index is 2.18. The van der Waals surface area contributed by atoms with Gasteiger partial charge in [0.1, 0.15) is 0 Å². The molecule has 2 aromatic carbocycles. The van der Waals surface area contributed by atoms with Crippen LogP contribution in [-0.2, 0) is 5.41 Å². The number of carbonyl (C=O) groups excluding carboxylic acids is 1. The summed E-state index contributed by atoms with van der Waals surface area (Å²) in [5.74, 6) is -0.211. The zero-order valence-corrected chi connectivity index (χ0v) is 14.0. The summed E-state index contributed by atoms with van der Waals surface area (Å²) in [4.78, 5) is 12.3. The second kappa shape index (κ2) is 5.90. The van der Waals surface area contributed by atoms with E-state index in [1.807, 2.05) is 30.3 Å². The number of benzene rings is 2. The lowest BCUT2D eigenvalue weighted by Crippen LogP contribution is -2.15. The maximum atomic E-state index is 12.3. The van der Waals surface area contributed by atoms with Gasteiger partial charge in [0.05, 0.1) is 5.56 Å². The molecule has 0 bridgehead atoms. The summed E-state index contributed by atoms with van der Waals surface area (Å²) in [7, 11) is 0. The molecule has 0 aliphatic carbocycles. The van der Waals surface area contributed by atoms with E-state index in [0.717, 1.165) is 10.2 Å². The van der Waals surface area contributed by atoms with Crippen LogP contribution in [0.25, 0.3) is 0 Å². The fourth-order valence-electron chi connectivity index (χ4n) is 1.98. The highest BCUT2D eigenvalue weighted by Gasteiger charge is 2.14. The van der Waals surface area contributed by atoms with E-state index in [-0.39, 0.29) is 11.3 Å². The Morgan fingerprint density at radius 1 is 1.10 bits per heavy atom. The first-order valence-corrected chi connectivity index (χ1v) is 7.53. The molecule has 0 fully saturated rings. The number of halogens is 1. The lowest BCUT2D eigenvalue weighted by Gasteiger charge is -2.19. The molecule has 0 saturated carbocycles. The van der Waals surface area contributed by atoms with Gasteiger partial charge >= 0.3 is 0 Å². The summed E-state index contributed by atoms with van der Waals surface area (Å²) >= 11 is 3.35. The molecule has 0 atom stereocenters. The summed E-state index contributed by atoms with van der Waals surface area (Å²) in [6.45, 7) is 6.47. The number of hydrogen-bond acceptors (Lipinski definition) is 2. The number of hydrogen-bond donors (Lipinski definition) is 2. The van der Waals surface area contributed by atoms with Crippen molar-refractivity contribution in [2.45, 2.75) is 26.2 Å². The highest BCUT2D eigenvalue weighted by Crippen LogP contribution is 2.24. The molecule has 1 amide bonds. The Kier molecular flexibility index (Phi) is 4.37. The van der Waals surface area contributed by atoms with Gasteiger partial charge in [-0.3, -0.25) is 4.79 Å². The molecule has 0 heterocycles. The van der Waals surface area contributed by atoms with Gasteiger partial charge in [-0.05, 0) is 41.3 Å². The monoisotopic (exact) mass is 346 g/mol. The Morgan fingerprint density at radius 2 is 1.71 bits per heavy atom. The van der Waals surface area contributed by atoms with Crippen LogP contribution in [0.2, 0.25) is 0 Å². The minimum atomic E-state index is -0.211. The van der Waals surface area contributed by atoms with Gasteiger partial charge in [0, 0.05) is 15.8 Å². The zero-order valence-electron chi connectivity index (χ0n) is 12.4. The lowest BCUT2D eigenvalue weighted by molar-refractivity contribution is 0.102. The fraction of sp³-hybridized carbons (Fsp3) is 0.235. The summed E-state index contributed by atoms with van der Waals surface area (Å²) in [5.41, 5.74) is 8.84. The molecule has 0 aliphatic rings. The first-order valence-electron chi connectivity index (χ1n) is 6.74. The van der Waals surface area contributed by atoms with Gasteiger partial charge in [-0.15, -0.1) is 0 Å². The number of nitrogen functional groups attached to an aromatic ring is 1. The van der Waals surface area contributed by atoms with Crippen molar-refractivity contribution in [3.05, 3.63) is 58.1 Å². The average molecular weight is 347 g/mol. The van der Waals surface area contributed by atoms with Crippen LogP contribution < -0.4 is 11.1 Å². The third kappa shape index (κ3) is 3.85. The molecule has 4 heteroatoms. The van der Waals surface area contributed by atoms with Gasteiger partial charge in [0.25, 0.3) is 5.91 Å². The molecule has 2 aromatic rings. The Labute approximate surface area is 133 Å². The van der Waals surface area contributed by atoms with Gasteiger partial charge in [-0.1, -0.05) is 48.8 Å². The van der Waals surface area contributed by atoms with Crippen LogP contribution >= 0.6 is 15.9 Å². The molecule has 0 spiro atoms. The standard InChI is InChI=1S/C17H19BrN2O/c1-17(2,3)11-4-7-13(8-5-11)20-16(21)14-10-12(18)6-9-15(14)19/h4-10H,19H2,1-3H3,(H,20,21). The molecule has 0 aromatic heterocycles. The second-order valence-corrected chi connectivity index (χ2v) is 6.93. The highest BCUT2D eigenvalue weighted by molar-refractivity contribution is 9.10. The van der Waals surface area contributed by atoms with Crippen LogP contribution in [0.3, 0.4) is 0 Å².